The zero-order chi connectivity index (χ0) is 19.7. The Balaban J connectivity index is 1.34. The summed E-state index contributed by atoms with van der Waals surface area (Å²) < 4.78 is 5.24. The lowest BCUT2D eigenvalue weighted by Crippen LogP contribution is -2.35. The summed E-state index contributed by atoms with van der Waals surface area (Å²) in [6.07, 6.45) is 6.11. The van der Waals surface area contributed by atoms with Crippen molar-refractivity contribution in [2.45, 2.75) is 26.3 Å². The van der Waals surface area contributed by atoms with Crippen LogP contribution in [0, 0.1) is 18.3 Å². The van der Waals surface area contributed by atoms with E-state index in [-0.39, 0.29) is 5.41 Å². The molecule has 0 aliphatic carbocycles. The monoisotopic (exact) mass is 389 g/mol. The Morgan fingerprint density at radius 3 is 2.69 bits per heavy atom. The number of rotatable bonds is 6. The predicted molar refractivity (Wildman–Crippen MR) is 111 cm³/mol. The fraction of sp³-hybridized carbons (Fsp3) is 0.435. The van der Waals surface area contributed by atoms with Gasteiger partial charge in [0.1, 0.15) is 0 Å². The molecule has 2 unspecified atom stereocenters. The van der Waals surface area contributed by atoms with Gasteiger partial charge in [0.2, 0.25) is 5.89 Å². The fourth-order valence-corrected chi connectivity index (χ4v) is 5.13. The van der Waals surface area contributed by atoms with Crippen molar-refractivity contribution in [2.75, 3.05) is 31.1 Å². The maximum atomic E-state index is 5.24. The molecule has 0 bridgehead atoms. The summed E-state index contributed by atoms with van der Waals surface area (Å²) in [7, 11) is 0. The van der Waals surface area contributed by atoms with Crippen LogP contribution in [0.4, 0.5) is 5.95 Å². The summed E-state index contributed by atoms with van der Waals surface area (Å²) in [6, 6.07) is 15.0. The highest BCUT2D eigenvalue weighted by Crippen LogP contribution is 2.47. The normalized spacial score (nSPS) is 24.2. The van der Waals surface area contributed by atoms with Gasteiger partial charge in [0.05, 0.1) is 0 Å². The fourth-order valence-electron chi connectivity index (χ4n) is 5.13. The minimum atomic E-state index is 0.257. The van der Waals surface area contributed by atoms with E-state index >= 15 is 0 Å². The Morgan fingerprint density at radius 1 is 1.07 bits per heavy atom. The van der Waals surface area contributed by atoms with Gasteiger partial charge in [0.15, 0.2) is 0 Å². The molecule has 5 rings (SSSR count). The molecule has 6 nitrogen and oxygen atoms in total. The van der Waals surface area contributed by atoms with Crippen LogP contribution < -0.4 is 4.90 Å². The molecular formula is C23H27N5O. The highest BCUT2D eigenvalue weighted by molar-refractivity contribution is 5.34. The number of aryl methyl sites for hydroxylation is 2. The van der Waals surface area contributed by atoms with Crippen LogP contribution in [0.5, 0.6) is 0 Å². The van der Waals surface area contributed by atoms with E-state index in [1.54, 1.807) is 0 Å². The van der Waals surface area contributed by atoms with Crippen LogP contribution in [0.3, 0.4) is 0 Å². The van der Waals surface area contributed by atoms with Gasteiger partial charge in [0.25, 0.3) is 5.95 Å². The number of anilines is 1. The standard InChI is InChI=1S/C23H27N5O/c1-18-25-22(26-29-18)28-15-21-14-27(13-20-8-5-11-24-12-20)16-23(21,17-28)10-9-19-6-3-2-4-7-19/h2-8,11-12,21H,9-10,13-17H2,1H3. The molecule has 0 radical (unpaired) electrons. The Labute approximate surface area is 171 Å². The Bertz CT molecular complexity index is 944. The van der Waals surface area contributed by atoms with Crippen molar-refractivity contribution in [3.05, 3.63) is 71.9 Å². The van der Waals surface area contributed by atoms with Crippen molar-refractivity contribution in [1.82, 2.24) is 20.0 Å². The maximum Gasteiger partial charge on any atom is 0.266 e. The SMILES string of the molecule is Cc1nc(N2CC3CN(Cc4cccnc4)CC3(CCc3ccccc3)C2)no1. The van der Waals surface area contributed by atoms with Gasteiger partial charge in [-0.05, 0) is 41.1 Å². The summed E-state index contributed by atoms with van der Waals surface area (Å²) in [5, 5.41) is 4.18. The largest absolute Gasteiger partial charge is 0.338 e. The second-order valence-corrected chi connectivity index (χ2v) is 8.57. The third kappa shape index (κ3) is 3.77. The lowest BCUT2D eigenvalue weighted by Gasteiger charge is -2.29. The van der Waals surface area contributed by atoms with Gasteiger partial charge in [-0.2, -0.15) is 4.98 Å². The average molecular weight is 390 g/mol. The first-order chi connectivity index (χ1) is 14.2. The van der Waals surface area contributed by atoms with Crippen molar-refractivity contribution in [3.8, 4) is 0 Å². The Hall–Kier alpha value is -2.73. The van der Waals surface area contributed by atoms with E-state index in [9.17, 15) is 0 Å². The molecule has 0 N–H and O–H groups in total. The molecule has 3 aromatic rings. The number of aromatic nitrogens is 3. The van der Waals surface area contributed by atoms with Crippen molar-refractivity contribution in [3.63, 3.8) is 0 Å². The summed E-state index contributed by atoms with van der Waals surface area (Å²) in [5.74, 6) is 1.99. The molecule has 0 amide bonds. The van der Waals surface area contributed by atoms with Gasteiger partial charge >= 0.3 is 0 Å². The molecule has 6 heteroatoms. The number of hydrogen-bond donors (Lipinski definition) is 0. The van der Waals surface area contributed by atoms with Crippen LogP contribution in [0.25, 0.3) is 0 Å². The smallest absolute Gasteiger partial charge is 0.266 e. The van der Waals surface area contributed by atoms with Crippen LogP contribution >= 0.6 is 0 Å². The second kappa shape index (κ2) is 7.59. The molecule has 2 saturated heterocycles. The van der Waals surface area contributed by atoms with E-state index < -0.39 is 0 Å². The first kappa shape index (κ1) is 18.3. The van der Waals surface area contributed by atoms with E-state index in [0.717, 1.165) is 45.1 Å². The lowest BCUT2D eigenvalue weighted by molar-refractivity contribution is 0.240. The zero-order valence-electron chi connectivity index (χ0n) is 16.9. The number of hydrogen-bond acceptors (Lipinski definition) is 6. The van der Waals surface area contributed by atoms with E-state index in [4.69, 9.17) is 4.52 Å². The highest BCUT2D eigenvalue weighted by Gasteiger charge is 2.52. The summed E-state index contributed by atoms with van der Waals surface area (Å²) >= 11 is 0. The molecule has 2 aliphatic rings. The number of likely N-dealkylation sites (tertiary alicyclic amines) is 1. The number of fused-ring (bicyclic) bond motifs is 1. The molecule has 0 saturated carbocycles. The number of benzene rings is 1. The van der Waals surface area contributed by atoms with E-state index in [0.29, 0.717) is 11.8 Å². The van der Waals surface area contributed by atoms with Crippen LogP contribution in [0.1, 0.15) is 23.4 Å². The molecular weight excluding hydrogens is 362 g/mol. The first-order valence-corrected chi connectivity index (χ1v) is 10.4. The van der Waals surface area contributed by atoms with Crippen molar-refractivity contribution < 1.29 is 4.52 Å². The predicted octanol–water partition coefficient (Wildman–Crippen LogP) is 3.34. The highest BCUT2D eigenvalue weighted by atomic mass is 16.5. The third-order valence-electron chi connectivity index (χ3n) is 6.51. The minimum Gasteiger partial charge on any atom is -0.338 e. The van der Waals surface area contributed by atoms with Crippen molar-refractivity contribution in [2.24, 2.45) is 11.3 Å². The van der Waals surface area contributed by atoms with Crippen molar-refractivity contribution in [1.29, 1.82) is 0 Å². The van der Waals surface area contributed by atoms with Gasteiger partial charge in [-0.25, -0.2) is 0 Å². The van der Waals surface area contributed by atoms with Gasteiger partial charge in [-0.1, -0.05) is 36.4 Å². The first-order valence-electron chi connectivity index (χ1n) is 10.4. The van der Waals surface area contributed by atoms with E-state index in [1.165, 1.54) is 17.5 Å². The Kier molecular flexibility index (Phi) is 4.79. The molecule has 0 spiro atoms. The third-order valence-corrected chi connectivity index (χ3v) is 6.51. The lowest BCUT2D eigenvalue weighted by atomic mass is 9.76. The van der Waals surface area contributed by atoms with Crippen LogP contribution in [0.2, 0.25) is 0 Å². The molecule has 2 aromatic heterocycles. The minimum absolute atomic E-state index is 0.257. The van der Waals surface area contributed by atoms with Gasteiger partial charge in [-0.15, -0.1) is 0 Å². The average Bonchev–Trinajstić information content (AvgIpc) is 3.40. The van der Waals surface area contributed by atoms with E-state index in [1.807, 2.05) is 25.4 Å². The summed E-state index contributed by atoms with van der Waals surface area (Å²) in [6.45, 7) is 7.03. The zero-order valence-corrected chi connectivity index (χ0v) is 16.9. The molecule has 2 fully saturated rings. The molecule has 29 heavy (non-hydrogen) atoms. The second-order valence-electron chi connectivity index (χ2n) is 8.57. The maximum absolute atomic E-state index is 5.24. The van der Waals surface area contributed by atoms with Gasteiger partial charge in [-0.3, -0.25) is 9.88 Å². The van der Waals surface area contributed by atoms with Crippen molar-refractivity contribution >= 4 is 5.95 Å². The molecule has 2 aliphatic heterocycles. The summed E-state index contributed by atoms with van der Waals surface area (Å²) in [5.41, 5.74) is 2.96. The molecule has 150 valence electrons. The van der Waals surface area contributed by atoms with Crippen LogP contribution in [0.15, 0.2) is 59.4 Å². The molecule has 1 aromatic carbocycles. The number of pyridine rings is 1. The molecule has 4 heterocycles. The van der Waals surface area contributed by atoms with Gasteiger partial charge in [0, 0.05) is 57.5 Å². The number of nitrogens with zero attached hydrogens (tertiary/aromatic N) is 5. The quantitative estimate of drug-likeness (QED) is 0.644. The summed E-state index contributed by atoms with van der Waals surface area (Å²) in [4.78, 5) is 13.7. The van der Waals surface area contributed by atoms with Crippen LogP contribution in [-0.2, 0) is 13.0 Å². The molecule has 2 atom stereocenters. The van der Waals surface area contributed by atoms with Gasteiger partial charge < -0.3 is 9.42 Å². The van der Waals surface area contributed by atoms with E-state index in [2.05, 4.69) is 61.3 Å². The Morgan fingerprint density at radius 2 is 1.93 bits per heavy atom. The topological polar surface area (TPSA) is 58.3 Å². The van der Waals surface area contributed by atoms with Crippen LogP contribution in [-0.4, -0.2) is 46.2 Å².